The Labute approximate surface area is 116 Å². The van der Waals surface area contributed by atoms with E-state index in [0.717, 1.165) is 19.3 Å². The minimum atomic E-state index is -0.420. The van der Waals surface area contributed by atoms with Crippen LogP contribution in [0.5, 0.6) is 0 Å². The van der Waals surface area contributed by atoms with Gasteiger partial charge in [-0.2, -0.15) is 6.42 Å². The molecule has 0 bridgehead atoms. The van der Waals surface area contributed by atoms with Crippen molar-refractivity contribution in [3.63, 3.8) is 0 Å². The first-order chi connectivity index (χ1) is 5.81. The standard InChI is InChI=1S/C10H15O2.HI.Zn/c1-3-5-7-8-10(11)12-9-6-4-2;;/h1,3-6,9H2,2H3;1H;/q-1;;+2/p-1. The van der Waals surface area contributed by atoms with Crippen molar-refractivity contribution in [1.82, 2.24) is 0 Å². The SMILES string of the molecule is [CH2-]CCC#CC(=O)OCCCC.[I-].[Zn+2]. The minimum Gasteiger partial charge on any atom is -1.00 e. The van der Waals surface area contributed by atoms with E-state index in [2.05, 4.69) is 18.8 Å². The molecule has 0 saturated heterocycles. The number of rotatable bonds is 4. The van der Waals surface area contributed by atoms with E-state index in [0.29, 0.717) is 13.0 Å². The fourth-order valence-corrected chi connectivity index (χ4v) is 0.568. The summed E-state index contributed by atoms with van der Waals surface area (Å²) in [5.41, 5.74) is 0. The van der Waals surface area contributed by atoms with Crippen LogP contribution in [0.25, 0.3) is 0 Å². The van der Waals surface area contributed by atoms with Gasteiger partial charge in [-0.15, -0.1) is 0 Å². The van der Waals surface area contributed by atoms with E-state index in [1.165, 1.54) is 0 Å². The first kappa shape index (κ1) is 19.9. The molecule has 0 aromatic rings. The number of hydrogen-bond acceptors (Lipinski definition) is 2. The maximum absolute atomic E-state index is 10.8. The Morgan fingerprint density at radius 2 is 2.14 bits per heavy atom. The van der Waals surface area contributed by atoms with Crippen LogP contribution in [0.1, 0.15) is 32.6 Å². The summed E-state index contributed by atoms with van der Waals surface area (Å²) >= 11 is 0. The van der Waals surface area contributed by atoms with Crippen molar-refractivity contribution in [2.75, 3.05) is 6.61 Å². The van der Waals surface area contributed by atoms with Crippen LogP contribution >= 0.6 is 0 Å². The molecule has 2 nitrogen and oxygen atoms in total. The average Bonchev–Trinajstić information content (AvgIpc) is 2.06. The fraction of sp³-hybridized carbons (Fsp3) is 0.600. The van der Waals surface area contributed by atoms with Gasteiger partial charge in [0.2, 0.25) is 0 Å². The Bertz CT molecular complexity index is 184. The molecule has 0 aliphatic heterocycles. The topological polar surface area (TPSA) is 26.3 Å². The maximum Gasteiger partial charge on any atom is 2.00 e. The zero-order chi connectivity index (χ0) is 9.23. The molecule has 0 unspecified atom stereocenters. The number of ether oxygens (including phenoxy) is 1. The molecule has 0 saturated carbocycles. The third kappa shape index (κ3) is 14.9. The van der Waals surface area contributed by atoms with Gasteiger partial charge in [0, 0.05) is 5.92 Å². The van der Waals surface area contributed by atoms with Gasteiger partial charge in [0.05, 0.1) is 6.61 Å². The zero-order valence-electron chi connectivity index (χ0n) is 8.64. The van der Waals surface area contributed by atoms with E-state index < -0.39 is 5.97 Å². The van der Waals surface area contributed by atoms with Gasteiger partial charge in [-0.3, -0.25) is 0 Å². The molecule has 0 N–H and O–H groups in total. The second-order valence-electron chi connectivity index (χ2n) is 2.39. The van der Waals surface area contributed by atoms with Gasteiger partial charge in [-0.05, 0) is 12.8 Å². The van der Waals surface area contributed by atoms with E-state index in [1.807, 2.05) is 6.92 Å². The number of carbonyl (C=O) groups excluding carboxylic acids is 1. The van der Waals surface area contributed by atoms with Gasteiger partial charge < -0.3 is 35.6 Å². The van der Waals surface area contributed by atoms with Crippen molar-refractivity contribution < 1.29 is 53.0 Å². The van der Waals surface area contributed by atoms with Crippen molar-refractivity contribution >= 4 is 5.97 Å². The summed E-state index contributed by atoms with van der Waals surface area (Å²) in [7, 11) is 0. The molecule has 4 heteroatoms. The molecule has 0 fully saturated rings. The van der Waals surface area contributed by atoms with Crippen LogP contribution in [0.2, 0.25) is 0 Å². The van der Waals surface area contributed by atoms with Gasteiger partial charge in [0.15, 0.2) is 0 Å². The summed E-state index contributed by atoms with van der Waals surface area (Å²) in [6.45, 7) is 6.13. The summed E-state index contributed by atoms with van der Waals surface area (Å²) in [5.74, 6) is 4.65. The van der Waals surface area contributed by atoms with E-state index >= 15 is 0 Å². The van der Waals surface area contributed by atoms with Crippen LogP contribution in [-0.4, -0.2) is 12.6 Å². The number of hydrogen-bond donors (Lipinski definition) is 0. The summed E-state index contributed by atoms with van der Waals surface area (Å²) in [6, 6.07) is 0. The molecule has 0 aromatic heterocycles. The normalized spacial score (nSPS) is 7.29. The molecule has 0 aliphatic carbocycles. The minimum absolute atomic E-state index is 0. The summed E-state index contributed by atoms with van der Waals surface area (Å²) < 4.78 is 4.80. The second-order valence-corrected chi connectivity index (χ2v) is 2.39. The van der Waals surface area contributed by atoms with Crippen molar-refractivity contribution in [1.29, 1.82) is 0 Å². The fourth-order valence-electron chi connectivity index (χ4n) is 0.568. The third-order valence-electron chi connectivity index (χ3n) is 1.22. The van der Waals surface area contributed by atoms with E-state index in [1.54, 1.807) is 0 Å². The van der Waals surface area contributed by atoms with Crippen LogP contribution in [0.3, 0.4) is 0 Å². The predicted molar refractivity (Wildman–Crippen MR) is 48.2 cm³/mol. The summed E-state index contributed by atoms with van der Waals surface area (Å²) in [6.07, 6.45) is 3.32. The van der Waals surface area contributed by atoms with Crippen molar-refractivity contribution in [3.05, 3.63) is 6.92 Å². The van der Waals surface area contributed by atoms with Crippen LogP contribution in [-0.2, 0) is 29.0 Å². The van der Waals surface area contributed by atoms with E-state index in [4.69, 9.17) is 4.74 Å². The maximum atomic E-state index is 10.8. The van der Waals surface area contributed by atoms with Gasteiger partial charge in [0.25, 0.3) is 0 Å². The van der Waals surface area contributed by atoms with Gasteiger partial charge in [0.1, 0.15) is 0 Å². The number of esters is 1. The van der Waals surface area contributed by atoms with Crippen LogP contribution in [0.15, 0.2) is 0 Å². The molecule has 0 aliphatic rings. The quantitative estimate of drug-likeness (QED) is 0.122. The van der Waals surface area contributed by atoms with Crippen LogP contribution < -0.4 is 24.0 Å². The first-order valence-electron chi connectivity index (χ1n) is 4.26. The molecule has 0 amide bonds. The molecule has 0 aromatic carbocycles. The van der Waals surface area contributed by atoms with Gasteiger partial charge in [-0.25, -0.2) is 4.79 Å². The molecule has 0 atom stereocenters. The van der Waals surface area contributed by atoms with Crippen molar-refractivity contribution in [2.24, 2.45) is 0 Å². The number of halogens is 1. The van der Waals surface area contributed by atoms with E-state index in [9.17, 15) is 4.79 Å². The van der Waals surface area contributed by atoms with Gasteiger partial charge in [-0.1, -0.05) is 19.3 Å². The number of unbranched alkanes of at least 4 members (excludes halogenated alkanes) is 2. The Kier molecular flexibility index (Phi) is 22.5. The summed E-state index contributed by atoms with van der Waals surface area (Å²) in [4.78, 5) is 10.8. The molecule has 76 valence electrons. The van der Waals surface area contributed by atoms with Crippen LogP contribution in [0.4, 0.5) is 0 Å². The molecule has 0 radical (unpaired) electrons. The first-order valence-corrected chi connectivity index (χ1v) is 4.26. The summed E-state index contributed by atoms with van der Waals surface area (Å²) in [5, 5.41) is 0. The molecule has 0 spiro atoms. The van der Waals surface area contributed by atoms with E-state index in [-0.39, 0.29) is 43.5 Å². The van der Waals surface area contributed by atoms with Crippen LogP contribution in [0, 0.1) is 18.8 Å². The molecular formula is C10H15IO2Zn. The largest absolute Gasteiger partial charge is 2.00 e. The van der Waals surface area contributed by atoms with Crippen molar-refractivity contribution in [3.8, 4) is 11.8 Å². The monoisotopic (exact) mass is 358 g/mol. The molecular weight excluding hydrogens is 344 g/mol. The Morgan fingerprint density at radius 1 is 1.50 bits per heavy atom. The molecule has 14 heavy (non-hydrogen) atoms. The zero-order valence-corrected chi connectivity index (χ0v) is 13.8. The average molecular weight is 360 g/mol. The smallest absolute Gasteiger partial charge is 1.00 e. The second kappa shape index (κ2) is 15.8. The van der Waals surface area contributed by atoms with Gasteiger partial charge >= 0.3 is 25.4 Å². The number of carbonyl (C=O) groups is 1. The Morgan fingerprint density at radius 3 is 2.64 bits per heavy atom. The Balaban J connectivity index is -0.000000605. The predicted octanol–water partition coefficient (Wildman–Crippen LogP) is -1.05. The molecule has 0 heterocycles. The third-order valence-corrected chi connectivity index (χ3v) is 1.22. The molecule has 0 rings (SSSR count). The Hall–Kier alpha value is 0.383. The van der Waals surface area contributed by atoms with Crippen molar-refractivity contribution in [2.45, 2.75) is 32.6 Å².